The van der Waals surface area contributed by atoms with E-state index in [1.54, 1.807) is 0 Å². The molecule has 0 aromatic heterocycles. The van der Waals surface area contributed by atoms with Crippen LogP contribution in [-0.4, -0.2) is 30.8 Å². The molecule has 0 aliphatic heterocycles. The molecule has 0 saturated carbocycles. The third-order valence-electron chi connectivity index (χ3n) is 3.23. The van der Waals surface area contributed by atoms with Gasteiger partial charge in [0.25, 0.3) is 5.91 Å². The van der Waals surface area contributed by atoms with Crippen molar-refractivity contribution in [3.63, 3.8) is 0 Å². The van der Waals surface area contributed by atoms with Crippen molar-refractivity contribution in [2.75, 3.05) is 13.7 Å². The number of rotatable bonds is 7. The van der Waals surface area contributed by atoms with E-state index in [1.165, 1.54) is 19.2 Å². The van der Waals surface area contributed by atoms with Gasteiger partial charge in [0.1, 0.15) is 5.75 Å². The number of carbonyl (C=O) groups excluding carboxylic acids is 1. The predicted molar refractivity (Wildman–Crippen MR) is 75.4 cm³/mol. The maximum Gasteiger partial charge on any atom is 0.349 e. The van der Waals surface area contributed by atoms with Crippen molar-refractivity contribution < 1.29 is 23.4 Å². The number of amides is 1. The Balaban J connectivity index is 2.61. The number of methoxy groups -OCH3 is 1. The maximum absolute atomic E-state index is 14.0. The van der Waals surface area contributed by atoms with Gasteiger partial charge in [0.05, 0.1) is 13.2 Å². The number of aliphatic hydroxyl groups excluding tert-OH is 1. The Bertz CT molecular complexity index is 460. The van der Waals surface area contributed by atoms with Gasteiger partial charge in [-0.2, -0.15) is 8.78 Å². The molecule has 1 unspecified atom stereocenters. The highest BCUT2D eigenvalue weighted by molar-refractivity contribution is 5.84. The lowest BCUT2D eigenvalue weighted by Gasteiger charge is -2.18. The Morgan fingerprint density at radius 3 is 2.38 bits per heavy atom. The molecular weight excluding hydrogens is 280 g/mol. The molecule has 1 amide bonds. The average molecular weight is 301 g/mol. The van der Waals surface area contributed by atoms with Gasteiger partial charge < -0.3 is 15.2 Å². The summed E-state index contributed by atoms with van der Waals surface area (Å²) in [6.45, 7) is 3.64. The molecular formula is C15H21F2NO3. The minimum Gasteiger partial charge on any atom is -0.497 e. The van der Waals surface area contributed by atoms with E-state index in [2.05, 4.69) is 5.32 Å². The van der Waals surface area contributed by atoms with Crippen LogP contribution in [0, 0.1) is 5.92 Å². The first-order chi connectivity index (χ1) is 9.78. The zero-order valence-electron chi connectivity index (χ0n) is 12.4. The van der Waals surface area contributed by atoms with Gasteiger partial charge in [-0.3, -0.25) is 4.79 Å². The van der Waals surface area contributed by atoms with E-state index in [0.29, 0.717) is 5.75 Å². The molecule has 0 heterocycles. The van der Waals surface area contributed by atoms with Crippen molar-refractivity contribution in [1.82, 2.24) is 5.32 Å². The summed E-state index contributed by atoms with van der Waals surface area (Å²) >= 11 is 0. The van der Waals surface area contributed by atoms with Gasteiger partial charge >= 0.3 is 5.92 Å². The molecule has 1 rings (SSSR count). The zero-order valence-corrected chi connectivity index (χ0v) is 12.4. The van der Waals surface area contributed by atoms with E-state index in [0.717, 1.165) is 12.1 Å². The fraction of sp³-hybridized carbons (Fsp3) is 0.533. The van der Waals surface area contributed by atoms with E-state index in [4.69, 9.17) is 4.74 Å². The number of ether oxygens (including phenoxy) is 1. The summed E-state index contributed by atoms with van der Waals surface area (Å²) in [5.74, 6) is -4.53. The Hall–Kier alpha value is -1.69. The SMILES string of the molecule is COc1ccc(C(F)(F)C(=O)NCCC(O)C(C)C)cc1. The summed E-state index contributed by atoms with van der Waals surface area (Å²) in [6, 6.07) is 5.06. The van der Waals surface area contributed by atoms with Crippen molar-refractivity contribution in [2.24, 2.45) is 5.92 Å². The number of benzene rings is 1. The zero-order chi connectivity index (χ0) is 16.0. The number of alkyl halides is 2. The van der Waals surface area contributed by atoms with Crippen molar-refractivity contribution in [3.8, 4) is 5.75 Å². The summed E-state index contributed by atoms with van der Waals surface area (Å²) in [4.78, 5) is 11.6. The summed E-state index contributed by atoms with van der Waals surface area (Å²) in [7, 11) is 1.43. The summed E-state index contributed by atoms with van der Waals surface area (Å²) in [5, 5.41) is 11.7. The topological polar surface area (TPSA) is 58.6 Å². The molecule has 0 spiro atoms. The molecule has 0 fully saturated rings. The molecule has 21 heavy (non-hydrogen) atoms. The predicted octanol–water partition coefficient (Wildman–Crippen LogP) is 2.31. The third-order valence-corrected chi connectivity index (χ3v) is 3.23. The quantitative estimate of drug-likeness (QED) is 0.812. The molecule has 0 aliphatic carbocycles. The van der Waals surface area contributed by atoms with Crippen molar-refractivity contribution in [1.29, 1.82) is 0 Å². The number of hydrogen-bond donors (Lipinski definition) is 2. The van der Waals surface area contributed by atoms with Crippen molar-refractivity contribution in [3.05, 3.63) is 29.8 Å². The van der Waals surface area contributed by atoms with E-state index in [9.17, 15) is 18.7 Å². The highest BCUT2D eigenvalue weighted by Crippen LogP contribution is 2.29. The Morgan fingerprint density at radius 2 is 1.90 bits per heavy atom. The molecule has 0 saturated heterocycles. The van der Waals surface area contributed by atoms with Crippen LogP contribution >= 0.6 is 0 Å². The Kier molecular flexibility index (Phi) is 6.08. The van der Waals surface area contributed by atoms with Gasteiger partial charge in [0, 0.05) is 12.1 Å². The maximum atomic E-state index is 14.0. The Morgan fingerprint density at radius 1 is 1.33 bits per heavy atom. The lowest BCUT2D eigenvalue weighted by Crippen LogP contribution is -2.39. The molecule has 118 valence electrons. The molecule has 1 aromatic rings. The molecule has 2 N–H and O–H groups in total. The second-order valence-electron chi connectivity index (χ2n) is 5.16. The van der Waals surface area contributed by atoms with Crippen LogP contribution in [-0.2, 0) is 10.7 Å². The normalized spacial score (nSPS) is 13.1. The van der Waals surface area contributed by atoms with Crippen LogP contribution in [0.15, 0.2) is 24.3 Å². The molecule has 4 nitrogen and oxygen atoms in total. The van der Waals surface area contributed by atoms with Crippen LogP contribution in [0.4, 0.5) is 8.78 Å². The largest absolute Gasteiger partial charge is 0.497 e. The molecule has 1 atom stereocenters. The van der Waals surface area contributed by atoms with Gasteiger partial charge in [-0.1, -0.05) is 13.8 Å². The van der Waals surface area contributed by atoms with Gasteiger partial charge in [-0.05, 0) is 36.6 Å². The van der Waals surface area contributed by atoms with Crippen molar-refractivity contribution >= 4 is 5.91 Å². The number of aliphatic hydroxyl groups is 1. The number of hydrogen-bond acceptors (Lipinski definition) is 3. The van der Waals surface area contributed by atoms with Crippen LogP contribution in [0.5, 0.6) is 5.75 Å². The second kappa shape index (κ2) is 7.36. The first-order valence-corrected chi connectivity index (χ1v) is 6.77. The number of nitrogens with one attached hydrogen (secondary N) is 1. The fourth-order valence-corrected chi connectivity index (χ4v) is 1.71. The van der Waals surface area contributed by atoms with E-state index < -0.39 is 23.5 Å². The van der Waals surface area contributed by atoms with Crippen LogP contribution in [0.2, 0.25) is 0 Å². The van der Waals surface area contributed by atoms with E-state index in [1.807, 2.05) is 13.8 Å². The lowest BCUT2D eigenvalue weighted by atomic mass is 10.0. The first kappa shape index (κ1) is 17.4. The minimum atomic E-state index is -3.62. The lowest BCUT2D eigenvalue weighted by molar-refractivity contribution is -0.147. The molecule has 0 bridgehead atoms. The van der Waals surface area contributed by atoms with Crippen LogP contribution in [0.25, 0.3) is 0 Å². The summed E-state index contributed by atoms with van der Waals surface area (Å²) in [6.07, 6.45) is -0.387. The first-order valence-electron chi connectivity index (χ1n) is 6.77. The highest BCUT2D eigenvalue weighted by atomic mass is 19.3. The van der Waals surface area contributed by atoms with Crippen LogP contribution in [0.3, 0.4) is 0 Å². The number of carbonyl (C=O) groups is 1. The fourth-order valence-electron chi connectivity index (χ4n) is 1.71. The van der Waals surface area contributed by atoms with Gasteiger partial charge in [0.15, 0.2) is 0 Å². The highest BCUT2D eigenvalue weighted by Gasteiger charge is 2.40. The second-order valence-corrected chi connectivity index (χ2v) is 5.16. The molecule has 0 radical (unpaired) electrons. The van der Waals surface area contributed by atoms with Crippen LogP contribution < -0.4 is 10.1 Å². The van der Waals surface area contributed by atoms with Crippen LogP contribution in [0.1, 0.15) is 25.8 Å². The van der Waals surface area contributed by atoms with Gasteiger partial charge in [-0.25, -0.2) is 0 Å². The number of halogens is 2. The van der Waals surface area contributed by atoms with E-state index in [-0.39, 0.29) is 18.9 Å². The summed E-state index contributed by atoms with van der Waals surface area (Å²) in [5.41, 5.74) is -0.398. The van der Waals surface area contributed by atoms with Gasteiger partial charge in [-0.15, -0.1) is 0 Å². The standard InChI is InChI=1S/C15H21F2NO3/c1-10(2)13(19)8-9-18-14(20)15(16,17)11-4-6-12(21-3)7-5-11/h4-7,10,13,19H,8-9H2,1-3H3,(H,18,20). The molecule has 0 aliphatic rings. The van der Waals surface area contributed by atoms with Crippen molar-refractivity contribution in [2.45, 2.75) is 32.3 Å². The molecule has 6 heteroatoms. The minimum absolute atomic E-state index is 0.00389. The van der Waals surface area contributed by atoms with Gasteiger partial charge in [0.2, 0.25) is 0 Å². The molecule has 1 aromatic carbocycles. The smallest absolute Gasteiger partial charge is 0.349 e. The third kappa shape index (κ3) is 4.67. The van der Waals surface area contributed by atoms with E-state index >= 15 is 0 Å². The summed E-state index contributed by atoms with van der Waals surface area (Å²) < 4.78 is 32.8. The average Bonchev–Trinajstić information content (AvgIpc) is 2.46. The monoisotopic (exact) mass is 301 g/mol. The Labute approximate surface area is 123 Å².